The van der Waals surface area contributed by atoms with Crippen molar-refractivity contribution in [2.75, 3.05) is 13.7 Å². The lowest BCUT2D eigenvalue weighted by Crippen LogP contribution is -2.07. The highest BCUT2D eigenvalue weighted by molar-refractivity contribution is 7.17. The van der Waals surface area contributed by atoms with Crippen LogP contribution < -0.4 is 9.47 Å². The molecule has 0 aliphatic carbocycles. The second-order valence-corrected chi connectivity index (χ2v) is 9.73. The second kappa shape index (κ2) is 10.9. The quantitative estimate of drug-likeness (QED) is 0.226. The molecule has 37 heavy (non-hydrogen) atoms. The lowest BCUT2D eigenvalue weighted by molar-refractivity contribution is 0.305. The number of fused-ring (bicyclic) bond motifs is 1. The minimum absolute atomic E-state index is 0.0243. The summed E-state index contributed by atoms with van der Waals surface area (Å²) in [7, 11) is 1.65. The van der Waals surface area contributed by atoms with E-state index in [4.69, 9.17) is 9.47 Å². The fourth-order valence-corrected chi connectivity index (χ4v) is 5.44. The minimum Gasteiger partial charge on any atom is -0.497 e. The van der Waals surface area contributed by atoms with E-state index in [0.717, 1.165) is 44.7 Å². The summed E-state index contributed by atoms with van der Waals surface area (Å²) < 4.78 is 27.0. The van der Waals surface area contributed by atoms with Gasteiger partial charge in [-0.1, -0.05) is 24.1 Å². The number of hydrogen-bond acceptors (Lipinski definition) is 6. The molecule has 1 aromatic heterocycles. The van der Waals surface area contributed by atoms with E-state index in [1.54, 1.807) is 13.2 Å². The number of hydrogen-bond donors (Lipinski definition) is 0. The van der Waals surface area contributed by atoms with Crippen LogP contribution in [-0.2, 0) is 6.61 Å². The number of halogens is 1. The Morgan fingerprint density at radius 3 is 2.57 bits per heavy atom. The lowest BCUT2D eigenvalue weighted by Gasteiger charge is -2.12. The Morgan fingerprint density at radius 1 is 1.05 bits per heavy atom. The van der Waals surface area contributed by atoms with Crippen LogP contribution in [-0.4, -0.2) is 19.4 Å². The third kappa shape index (κ3) is 5.40. The van der Waals surface area contributed by atoms with Gasteiger partial charge < -0.3 is 9.47 Å². The van der Waals surface area contributed by atoms with E-state index in [1.165, 1.54) is 11.3 Å². The molecule has 1 atom stereocenters. The first-order valence-electron chi connectivity index (χ1n) is 12.0. The van der Waals surface area contributed by atoms with Crippen molar-refractivity contribution in [3.63, 3.8) is 0 Å². The van der Waals surface area contributed by atoms with Crippen LogP contribution in [0, 0.1) is 24.6 Å². The Kier molecular flexibility index (Phi) is 7.29. The molecule has 5 nitrogen and oxygen atoms in total. The molecule has 0 amide bonds. The average Bonchev–Trinajstić information content (AvgIpc) is 3.58. The molecule has 0 saturated heterocycles. The number of nitrogens with zero attached hydrogens (tertiary/aromatic N) is 3. The van der Waals surface area contributed by atoms with Crippen LogP contribution in [0.5, 0.6) is 11.5 Å². The van der Waals surface area contributed by atoms with Crippen molar-refractivity contribution in [1.82, 2.24) is 0 Å². The molecule has 0 N–H and O–H groups in total. The maximum absolute atomic E-state index is 15.0. The van der Waals surface area contributed by atoms with Crippen LogP contribution in [0.4, 0.5) is 4.39 Å². The fourth-order valence-electron chi connectivity index (χ4n) is 4.48. The summed E-state index contributed by atoms with van der Waals surface area (Å²) >= 11 is 1.42. The molecule has 0 spiro atoms. The minimum atomic E-state index is -0.233. The summed E-state index contributed by atoms with van der Waals surface area (Å²) in [4.78, 5) is 0. The molecule has 0 unspecified atom stereocenters. The SMILES string of the molecule is CC#C[C@@H](CC1=NN=NC1)c1ccc(OCc2cc(F)c3scc(-c4ccc(OC)cc4C)c3c2)cc1. The first kappa shape index (κ1) is 24.7. The van der Waals surface area contributed by atoms with Gasteiger partial charge in [-0.3, -0.25) is 0 Å². The number of thiophene rings is 1. The Balaban J connectivity index is 1.33. The highest BCUT2D eigenvalue weighted by Crippen LogP contribution is 2.38. The van der Waals surface area contributed by atoms with Crippen molar-refractivity contribution in [1.29, 1.82) is 0 Å². The van der Waals surface area contributed by atoms with Gasteiger partial charge in [-0.2, -0.15) is 5.11 Å². The monoisotopic (exact) mass is 511 g/mol. The van der Waals surface area contributed by atoms with Crippen LogP contribution in [0.2, 0.25) is 0 Å². The summed E-state index contributed by atoms with van der Waals surface area (Å²) in [5, 5.41) is 14.6. The zero-order chi connectivity index (χ0) is 25.8. The van der Waals surface area contributed by atoms with E-state index in [-0.39, 0.29) is 18.3 Å². The Bertz CT molecular complexity index is 1560. The summed E-state index contributed by atoms with van der Waals surface area (Å²) in [5.41, 5.74) is 5.96. The summed E-state index contributed by atoms with van der Waals surface area (Å²) in [6.45, 7) is 4.67. The number of rotatable bonds is 8. The molecule has 1 aliphatic rings. The van der Waals surface area contributed by atoms with Crippen LogP contribution in [0.3, 0.4) is 0 Å². The molecule has 1 aliphatic heterocycles. The molecule has 0 fully saturated rings. The van der Waals surface area contributed by atoms with E-state index in [9.17, 15) is 0 Å². The largest absolute Gasteiger partial charge is 0.497 e. The maximum atomic E-state index is 15.0. The third-order valence-electron chi connectivity index (χ3n) is 6.36. The van der Waals surface area contributed by atoms with Gasteiger partial charge in [0.25, 0.3) is 0 Å². The Hall–Kier alpha value is -4.02. The molecule has 0 saturated carbocycles. The van der Waals surface area contributed by atoms with Crippen molar-refractivity contribution < 1.29 is 13.9 Å². The molecule has 2 heterocycles. The van der Waals surface area contributed by atoms with Crippen molar-refractivity contribution in [3.8, 4) is 34.5 Å². The smallest absolute Gasteiger partial charge is 0.141 e. The van der Waals surface area contributed by atoms with Gasteiger partial charge in [0.2, 0.25) is 0 Å². The van der Waals surface area contributed by atoms with Gasteiger partial charge in [-0.05, 0) is 83.1 Å². The van der Waals surface area contributed by atoms with E-state index in [2.05, 4.69) is 27.3 Å². The second-order valence-electron chi connectivity index (χ2n) is 8.85. The van der Waals surface area contributed by atoms with Crippen LogP contribution in [0.1, 0.15) is 36.0 Å². The van der Waals surface area contributed by atoms with Gasteiger partial charge in [0.05, 0.1) is 23.4 Å². The Morgan fingerprint density at radius 2 is 1.86 bits per heavy atom. The molecule has 0 bridgehead atoms. The van der Waals surface area contributed by atoms with Crippen LogP contribution >= 0.6 is 11.3 Å². The highest BCUT2D eigenvalue weighted by Gasteiger charge is 2.16. The van der Waals surface area contributed by atoms with Crippen molar-refractivity contribution >= 4 is 27.1 Å². The van der Waals surface area contributed by atoms with E-state index < -0.39 is 0 Å². The predicted molar refractivity (Wildman–Crippen MR) is 147 cm³/mol. The third-order valence-corrected chi connectivity index (χ3v) is 7.37. The first-order chi connectivity index (χ1) is 18.1. The highest BCUT2D eigenvalue weighted by atomic mass is 32.1. The standard InChI is InChI=1S/C30H26FN3O2S/c1-4-5-22(15-23-16-32-34-33-23)21-6-8-24(9-7-21)36-17-20-13-27-28(18-37-30(27)29(31)14-20)26-11-10-25(35-3)12-19(26)2/h6-14,18,22H,15-17H2,1-3H3/t22-/m0/s1. The number of ether oxygens (including phenoxy) is 2. The van der Waals surface area contributed by atoms with Gasteiger partial charge in [-0.25, -0.2) is 4.39 Å². The average molecular weight is 512 g/mol. The molecule has 0 radical (unpaired) electrons. The summed E-state index contributed by atoms with van der Waals surface area (Å²) in [6, 6.07) is 17.4. The molecule has 4 aromatic rings. The van der Waals surface area contributed by atoms with Gasteiger partial charge >= 0.3 is 0 Å². The molecule has 3 aromatic carbocycles. The Labute approximate surface area is 219 Å². The number of methoxy groups -OCH3 is 1. The van der Waals surface area contributed by atoms with Crippen LogP contribution in [0.15, 0.2) is 75.4 Å². The zero-order valence-electron chi connectivity index (χ0n) is 20.9. The van der Waals surface area contributed by atoms with E-state index in [0.29, 0.717) is 23.4 Å². The van der Waals surface area contributed by atoms with Crippen molar-refractivity contribution in [2.24, 2.45) is 15.4 Å². The molecular weight excluding hydrogens is 485 g/mol. The first-order valence-corrected chi connectivity index (χ1v) is 12.9. The molecular formula is C30H26FN3O2S. The summed E-state index contributed by atoms with van der Waals surface area (Å²) in [5.74, 6) is 7.57. The van der Waals surface area contributed by atoms with Gasteiger partial charge in [0.1, 0.15) is 30.5 Å². The lowest BCUT2D eigenvalue weighted by atomic mass is 9.94. The molecule has 5 rings (SSSR count). The topological polar surface area (TPSA) is 55.5 Å². The predicted octanol–water partition coefficient (Wildman–Crippen LogP) is 7.92. The molecule has 186 valence electrons. The maximum Gasteiger partial charge on any atom is 0.141 e. The fraction of sp³-hybridized carbons (Fsp3) is 0.233. The van der Waals surface area contributed by atoms with Gasteiger partial charge in [-0.15, -0.1) is 22.4 Å². The van der Waals surface area contributed by atoms with Gasteiger partial charge in [0.15, 0.2) is 0 Å². The van der Waals surface area contributed by atoms with E-state index in [1.807, 2.05) is 67.8 Å². The van der Waals surface area contributed by atoms with Crippen molar-refractivity contribution in [2.45, 2.75) is 32.8 Å². The van der Waals surface area contributed by atoms with Gasteiger partial charge in [0, 0.05) is 17.4 Å². The van der Waals surface area contributed by atoms with Crippen LogP contribution in [0.25, 0.3) is 21.2 Å². The zero-order valence-corrected chi connectivity index (χ0v) is 21.7. The number of aryl methyl sites for hydroxylation is 1. The van der Waals surface area contributed by atoms with Crippen molar-refractivity contribution in [3.05, 3.63) is 82.5 Å². The molecule has 7 heteroatoms. The summed E-state index contributed by atoms with van der Waals surface area (Å²) in [6.07, 6.45) is 0.698. The number of benzene rings is 3. The normalized spacial score (nSPS) is 13.2. The van der Waals surface area contributed by atoms with E-state index >= 15 is 4.39 Å².